The summed E-state index contributed by atoms with van der Waals surface area (Å²) in [6.07, 6.45) is 0. The van der Waals surface area contributed by atoms with E-state index >= 15 is 0 Å². The molecular formula is C11H11ClN2O2S. The highest BCUT2D eigenvalue weighted by atomic mass is 35.5. The number of nitrogens with zero attached hydrogens (tertiary/aromatic N) is 2. The van der Waals surface area contributed by atoms with Gasteiger partial charge < -0.3 is 0 Å². The number of hydrogen-bond acceptors (Lipinski definition) is 4. The Morgan fingerprint density at radius 1 is 1.65 bits per heavy atom. The van der Waals surface area contributed by atoms with E-state index in [4.69, 9.17) is 16.9 Å². The lowest BCUT2D eigenvalue weighted by molar-refractivity contribution is -0.387. The topological polar surface area (TPSA) is 66.9 Å². The zero-order valence-corrected chi connectivity index (χ0v) is 10.8. The molecule has 4 nitrogen and oxygen atoms in total. The number of nitriles is 1. The van der Waals surface area contributed by atoms with E-state index in [9.17, 15) is 10.1 Å². The van der Waals surface area contributed by atoms with Crippen LogP contribution in [0.15, 0.2) is 23.1 Å². The first kappa shape index (κ1) is 13.8. The maximum absolute atomic E-state index is 10.9. The minimum Gasteiger partial charge on any atom is -0.258 e. The SMILES string of the molecule is CC(CCl)CSc1ccc(C#N)cc1[N+](=O)[O-]. The number of hydrogen-bond donors (Lipinski definition) is 0. The summed E-state index contributed by atoms with van der Waals surface area (Å²) in [5.74, 6) is 1.53. The van der Waals surface area contributed by atoms with Crippen molar-refractivity contribution in [2.45, 2.75) is 11.8 Å². The maximum Gasteiger partial charge on any atom is 0.284 e. The Labute approximate surface area is 109 Å². The third-order valence-corrected chi connectivity index (χ3v) is 3.99. The molecule has 0 heterocycles. The summed E-state index contributed by atoms with van der Waals surface area (Å²) in [7, 11) is 0. The minimum absolute atomic E-state index is 0.0178. The van der Waals surface area contributed by atoms with E-state index in [0.29, 0.717) is 16.3 Å². The van der Waals surface area contributed by atoms with E-state index < -0.39 is 4.92 Å². The minimum atomic E-state index is -0.464. The van der Waals surface area contributed by atoms with Gasteiger partial charge in [-0.2, -0.15) is 5.26 Å². The van der Waals surface area contributed by atoms with Gasteiger partial charge in [0.05, 0.1) is 21.5 Å². The van der Waals surface area contributed by atoms with E-state index in [-0.39, 0.29) is 11.6 Å². The van der Waals surface area contributed by atoms with Crippen molar-refractivity contribution < 1.29 is 4.92 Å². The third kappa shape index (κ3) is 3.91. The number of thioether (sulfide) groups is 1. The summed E-state index contributed by atoms with van der Waals surface area (Å²) in [5, 5.41) is 19.6. The van der Waals surface area contributed by atoms with Crippen molar-refractivity contribution in [1.82, 2.24) is 0 Å². The predicted molar refractivity (Wildman–Crippen MR) is 68.4 cm³/mol. The van der Waals surface area contributed by atoms with E-state index in [1.54, 1.807) is 12.1 Å². The van der Waals surface area contributed by atoms with Gasteiger partial charge in [0, 0.05) is 17.7 Å². The lowest BCUT2D eigenvalue weighted by Gasteiger charge is -2.07. The fourth-order valence-corrected chi connectivity index (χ4v) is 2.39. The molecule has 1 aromatic rings. The molecule has 0 saturated heterocycles. The van der Waals surface area contributed by atoms with Gasteiger partial charge in [-0.3, -0.25) is 10.1 Å². The average Bonchev–Trinajstić information content (AvgIpc) is 2.35. The zero-order chi connectivity index (χ0) is 12.8. The van der Waals surface area contributed by atoms with Gasteiger partial charge >= 0.3 is 0 Å². The largest absolute Gasteiger partial charge is 0.284 e. The van der Waals surface area contributed by atoms with Crippen LogP contribution in [0.3, 0.4) is 0 Å². The van der Waals surface area contributed by atoms with Crippen LogP contribution in [0.5, 0.6) is 0 Å². The third-order valence-electron chi connectivity index (χ3n) is 2.07. The van der Waals surface area contributed by atoms with Gasteiger partial charge in [-0.1, -0.05) is 6.92 Å². The number of nitro groups is 1. The monoisotopic (exact) mass is 270 g/mol. The molecule has 1 rings (SSSR count). The smallest absolute Gasteiger partial charge is 0.258 e. The summed E-state index contributed by atoms with van der Waals surface area (Å²) in [5.41, 5.74) is 0.280. The molecule has 0 N–H and O–H groups in total. The van der Waals surface area contributed by atoms with Crippen LogP contribution < -0.4 is 0 Å². The van der Waals surface area contributed by atoms with E-state index in [2.05, 4.69) is 0 Å². The fraction of sp³-hybridized carbons (Fsp3) is 0.364. The number of halogens is 1. The van der Waals surface area contributed by atoms with Crippen molar-refractivity contribution >= 4 is 29.1 Å². The van der Waals surface area contributed by atoms with Gasteiger partial charge in [-0.25, -0.2) is 0 Å². The van der Waals surface area contributed by atoms with E-state index in [0.717, 1.165) is 5.75 Å². The van der Waals surface area contributed by atoms with E-state index in [1.165, 1.54) is 17.8 Å². The molecule has 0 aliphatic rings. The average molecular weight is 271 g/mol. The van der Waals surface area contributed by atoms with Crippen LogP contribution in [0, 0.1) is 27.4 Å². The van der Waals surface area contributed by atoms with Gasteiger partial charge in [0.25, 0.3) is 5.69 Å². The second kappa shape index (κ2) is 6.48. The van der Waals surface area contributed by atoms with Crippen LogP contribution in [0.4, 0.5) is 5.69 Å². The number of alkyl halides is 1. The van der Waals surface area contributed by atoms with Crippen molar-refractivity contribution in [3.05, 3.63) is 33.9 Å². The Kier molecular flexibility index (Phi) is 5.26. The van der Waals surface area contributed by atoms with E-state index in [1.807, 2.05) is 13.0 Å². The Morgan fingerprint density at radius 3 is 2.88 bits per heavy atom. The van der Waals surface area contributed by atoms with Crippen molar-refractivity contribution in [2.75, 3.05) is 11.6 Å². The van der Waals surface area contributed by atoms with Crippen molar-refractivity contribution in [2.24, 2.45) is 5.92 Å². The summed E-state index contributed by atoms with van der Waals surface area (Å²) < 4.78 is 0. The van der Waals surface area contributed by atoms with Crippen LogP contribution in [0.25, 0.3) is 0 Å². The molecule has 0 aromatic heterocycles. The molecule has 1 atom stereocenters. The fourth-order valence-electron chi connectivity index (χ4n) is 1.13. The highest BCUT2D eigenvalue weighted by molar-refractivity contribution is 7.99. The van der Waals surface area contributed by atoms with Crippen LogP contribution >= 0.6 is 23.4 Å². The first-order chi connectivity index (χ1) is 8.08. The molecule has 1 aromatic carbocycles. The molecule has 0 fully saturated rings. The second-order valence-corrected chi connectivity index (χ2v) is 4.99. The lowest BCUT2D eigenvalue weighted by Crippen LogP contribution is -2.00. The highest BCUT2D eigenvalue weighted by Gasteiger charge is 2.15. The Bertz CT molecular complexity index is 459. The standard InChI is InChI=1S/C11H11ClN2O2S/c1-8(5-12)7-17-11-3-2-9(6-13)4-10(11)14(15)16/h2-4,8H,5,7H2,1H3. The van der Waals surface area contributed by atoms with Crippen molar-refractivity contribution in [3.8, 4) is 6.07 Å². The van der Waals surface area contributed by atoms with Gasteiger partial charge in [0.15, 0.2) is 0 Å². The van der Waals surface area contributed by atoms with Crippen LogP contribution in [0.2, 0.25) is 0 Å². The van der Waals surface area contributed by atoms with Crippen molar-refractivity contribution in [3.63, 3.8) is 0 Å². The molecule has 90 valence electrons. The molecule has 1 unspecified atom stereocenters. The second-order valence-electron chi connectivity index (χ2n) is 3.62. The van der Waals surface area contributed by atoms with Crippen LogP contribution in [-0.4, -0.2) is 16.6 Å². The summed E-state index contributed by atoms with van der Waals surface area (Å²) in [6.45, 7) is 1.98. The van der Waals surface area contributed by atoms with Gasteiger partial charge in [0.1, 0.15) is 0 Å². The molecule has 0 aliphatic heterocycles. The Hall–Kier alpha value is -1.25. The number of nitro benzene ring substituents is 1. The molecule has 0 aliphatic carbocycles. The summed E-state index contributed by atoms with van der Waals surface area (Å²) in [4.78, 5) is 11.0. The summed E-state index contributed by atoms with van der Waals surface area (Å²) in [6, 6.07) is 6.39. The molecule has 0 radical (unpaired) electrons. The number of rotatable bonds is 5. The first-order valence-electron chi connectivity index (χ1n) is 4.95. The molecular weight excluding hydrogens is 260 g/mol. The van der Waals surface area contributed by atoms with Gasteiger partial charge in [-0.15, -0.1) is 23.4 Å². The first-order valence-corrected chi connectivity index (χ1v) is 6.47. The van der Waals surface area contributed by atoms with Gasteiger partial charge in [0.2, 0.25) is 0 Å². The molecule has 6 heteroatoms. The normalized spacial score (nSPS) is 11.8. The van der Waals surface area contributed by atoms with Crippen LogP contribution in [0.1, 0.15) is 12.5 Å². The quantitative estimate of drug-likeness (QED) is 0.356. The van der Waals surface area contributed by atoms with Crippen LogP contribution in [-0.2, 0) is 0 Å². The highest BCUT2D eigenvalue weighted by Crippen LogP contribution is 2.31. The summed E-state index contributed by atoms with van der Waals surface area (Å²) >= 11 is 7.07. The molecule has 0 amide bonds. The molecule has 0 spiro atoms. The molecule has 17 heavy (non-hydrogen) atoms. The molecule has 0 saturated carbocycles. The Morgan fingerprint density at radius 2 is 2.35 bits per heavy atom. The predicted octanol–water partition coefficient (Wildman–Crippen LogP) is 3.43. The molecule has 0 bridgehead atoms. The lowest BCUT2D eigenvalue weighted by atomic mass is 10.2. The maximum atomic E-state index is 10.9. The zero-order valence-electron chi connectivity index (χ0n) is 9.22. The van der Waals surface area contributed by atoms with Crippen molar-refractivity contribution in [1.29, 1.82) is 5.26 Å². The van der Waals surface area contributed by atoms with Gasteiger partial charge in [-0.05, 0) is 18.1 Å². The Balaban J connectivity index is 2.92. The number of benzene rings is 1.